The third-order valence-corrected chi connectivity index (χ3v) is 20.7. The highest BCUT2D eigenvalue weighted by molar-refractivity contribution is 7.26. The molecule has 0 bridgehead atoms. The standard InChI is InChI=1S/C75H42N6S3/c1-7-25-61-49(19-1)55-37-58-52-22-4-10-28-67(52)82-70(58)40-64(55)79(61)46-33-31-43(32-34-46)73-76-74(44-15-13-17-47(35-44)80-62-26-8-2-20-50(62)56-38-59-53-23-5-11-29-68(53)83-71(59)41-65(56)80)78-75(77-73)45-16-14-18-48(36-45)81-63-27-9-3-21-51(63)57-39-60-54-24-6-12-30-69(54)84-72(60)42-66(57)81/h1-42H. The van der Waals surface area contributed by atoms with Crippen LogP contribution in [0.5, 0.6) is 0 Å². The van der Waals surface area contributed by atoms with Crippen molar-refractivity contribution in [1.82, 2.24) is 28.7 Å². The van der Waals surface area contributed by atoms with Gasteiger partial charge in [0, 0.05) is 127 Å². The van der Waals surface area contributed by atoms with Crippen LogP contribution in [-0.2, 0) is 0 Å². The third kappa shape index (κ3) is 6.79. The predicted molar refractivity (Wildman–Crippen MR) is 358 cm³/mol. The summed E-state index contributed by atoms with van der Waals surface area (Å²) in [5.41, 5.74) is 12.8. The van der Waals surface area contributed by atoms with Gasteiger partial charge in [-0.05, 0) is 121 Å². The van der Waals surface area contributed by atoms with Crippen LogP contribution < -0.4 is 0 Å². The molecule has 0 N–H and O–H groups in total. The zero-order chi connectivity index (χ0) is 54.7. The van der Waals surface area contributed by atoms with Crippen LogP contribution in [0.3, 0.4) is 0 Å². The van der Waals surface area contributed by atoms with Crippen molar-refractivity contribution in [2.45, 2.75) is 0 Å². The lowest BCUT2D eigenvalue weighted by Gasteiger charge is -2.13. The van der Waals surface area contributed by atoms with Gasteiger partial charge in [0.1, 0.15) is 0 Å². The molecule has 0 aliphatic carbocycles. The van der Waals surface area contributed by atoms with E-state index in [-0.39, 0.29) is 0 Å². The van der Waals surface area contributed by atoms with Gasteiger partial charge in [-0.3, -0.25) is 0 Å². The number of hydrogen-bond donors (Lipinski definition) is 0. The highest BCUT2D eigenvalue weighted by atomic mass is 32.1. The first-order chi connectivity index (χ1) is 41.6. The lowest BCUT2D eigenvalue weighted by Crippen LogP contribution is -2.02. The Kier molecular flexibility index (Phi) is 9.71. The number of benzene rings is 12. The molecule has 12 aromatic carbocycles. The number of para-hydroxylation sites is 3. The van der Waals surface area contributed by atoms with Gasteiger partial charge in [-0.15, -0.1) is 34.0 Å². The van der Waals surface area contributed by atoms with Gasteiger partial charge in [0.05, 0.1) is 33.1 Å². The quantitative estimate of drug-likeness (QED) is 0.167. The van der Waals surface area contributed by atoms with Gasteiger partial charge in [0.2, 0.25) is 0 Å². The third-order valence-electron chi connectivity index (χ3n) is 17.3. The molecule has 0 saturated heterocycles. The van der Waals surface area contributed by atoms with Gasteiger partial charge in [-0.2, -0.15) is 0 Å². The molecule has 0 atom stereocenters. The van der Waals surface area contributed by atoms with E-state index in [4.69, 9.17) is 15.0 Å². The molecule has 0 spiro atoms. The van der Waals surface area contributed by atoms with E-state index in [9.17, 15) is 0 Å². The summed E-state index contributed by atoms with van der Waals surface area (Å²) in [5.74, 6) is 1.79. The van der Waals surface area contributed by atoms with Gasteiger partial charge in [-0.25, -0.2) is 15.0 Å². The summed E-state index contributed by atoms with van der Waals surface area (Å²) in [7, 11) is 0. The van der Waals surface area contributed by atoms with Crippen molar-refractivity contribution in [3.05, 3.63) is 255 Å². The predicted octanol–water partition coefficient (Wildman–Crippen LogP) is 21.3. The zero-order valence-corrected chi connectivity index (χ0v) is 47.1. The molecule has 0 radical (unpaired) electrons. The minimum Gasteiger partial charge on any atom is -0.309 e. The maximum atomic E-state index is 5.45. The molecule has 0 aliphatic heterocycles. The Hall–Kier alpha value is -10.3. The molecule has 0 amide bonds. The Morgan fingerprint density at radius 2 is 0.536 bits per heavy atom. The summed E-state index contributed by atoms with van der Waals surface area (Å²) < 4.78 is 14.9. The molecular formula is C75H42N6S3. The van der Waals surface area contributed by atoms with E-state index >= 15 is 0 Å². The first-order valence-corrected chi connectivity index (χ1v) is 30.7. The molecule has 390 valence electrons. The Morgan fingerprint density at radius 1 is 0.202 bits per heavy atom. The van der Waals surface area contributed by atoms with Gasteiger partial charge < -0.3 is 13.7 Å². The molecule has 0 saturated carbocycles. The second-order valence-corrected chi connectivity index (χ2v) is 25.2. The minimum atomic E-state index is 0.595. The maximum absolute atomic E-state index is 5.45. The molecule has 19 rings (SSSR count). The number of aromatic nitrogens is 6. The normalized spacial score (nSPS) is 12.3. The van der Waals surface area contributed by atoms with E-state index in [1.54, 1.807) is 0 Å². The molecule has 84 heavy (non-hydrogen) atoms. The molecular weight excluding hydrogens is 1080 g/mol. The van der Waals surface area contributed by atoms with E-state index in [1.165, 1.54) is 104 Å². The number of nitrogens with zero attached hydrogens (tertiary/aromatic N) is 6. The Balaban J connectivity index is 0.791. The van der Waals surface area contributed by atoms with E-state index in [0.717, 1.165) is 55.8 Å². The largest absolute Gasteiger partial charge is 0.309 e. The SMILES string of the molecule is c1cc(-c2nc(-c3ccc(-n4c5ccccc5c5cc6c(cc54)sc4ccccc46)cc3)nc(-c3cccc(-n4c5ccccc5c5cc6c(cc54)sc4ccccc46)c3)n2)cc(-n2c3ccccc3c3cc4c(cc32)sc2ccccc24)c1. The van der Waals surface area contributed by atoms with Crippen LogP contribution >= 0.6 is 34.0 Å². The number of rotatable bonds is 6. The van der Waals surface area contributed by atoms with Crippen LogP contribution in [0.25, 0.3) is 177 Å². The van der Waals surface area contributed by atoms with Crippen molar-refractivity contribution in [3.63, 3.8) is 0 Å². The maximum Gasteiger partial charge on any atom is 0.164 e. The topological polar surface area (TPSA) is 53.5 Å². The fourth-order valence-corrected chi connectivity index (χ4v) is 16.9. The van der Waals surface area contributed by atoms with Crippen LogP contribution in [0.15, 0.2) is 255 Å². The average Bonchev–Trinajstić information content (AvgIpc) is 2.34. The number of hydrogen-bond acceptors (Lipinski definition) is 6. The van der Waals surface area contributed by atoms with E-state index < -0.39 is 0 Å². The van der Waals surface area contributed by atoms with Crippen LogP contribution in [0, 0.1) is 0 Å². The Labute approximate surface area is 491 Å². The van der Waals surface area contributed by atoms with Crippen molar-refractivity contribution in [2.75, 3.05) is 0 Å². The van der Waals surface area contributed by atoms with E-state index in [1.807, 2.05) is 34.0 Å². The molecule has 7 heterocycles. The highest BCUT2D eigenvalue weighted by Gasteiger charge is 2.22. The van der Waals surface area contributed by atoms with Crippen molar-refractivity contribution >= 4 is 160 Å². The summed E-state index contributed by atoms with van der Waals surface area (Å²) in [6.45, 7) is 0. The summed E-state index contributed by atoms with van der Waals surface area (Å²) in [6, 6.07) is 93.0. The zero-order valence-electron chi connectivity index (χ0n) is 44.7. The van der Waals surface area contributed by atoms with E-state index in [2.05, 4.69) is 268 Å². The summed E-state index contributed by atoms with van der Waals surface area (Å²) in [4.78, 5) is 16.3. The van der Waals surface area contributed by atoms with Crippen molar-refractivity contribution < 1.29 is 0 Å². The second-order valence-electron chi connectivity index (χ2n) is 21.9. The lowest BCUT2D eigenvalue weighted by molar-refractivity contribution is 1.07. The highest BCUT2D eigenvalue weighted by Crippen LogP contribution is 2.45. The molecule has 0 aliphatic rings. The first-order valence-electron chi connectivity index (χ1n) is 28.2. The Morgan fingerprint density at radius 3 is 0.929 bits per heavy atom. The molecule has 6 nitrogen and oxygen atoms in total. The smallest absolute Gasteiger partial charge is 0.164 e. The molecule has 0 unspecified atom stereocenters. The van der Waals surface area contributed by atoms with Crippen LogP contribution in [0.1, 0.15) is 0 Å². The van der Waals surface area contributed by atoms with Crippen molar-refractivity contribution in [3.8, 4) is 51.2 Å². The number of thiophene rings is 3. The van der Waals surface area contributed by atoms with Crippen LogP contribution in [-0.4, -0.2) is 28.7 Å². The second kappa shape index (κ2) is 17.6. The minimum absolute atomic E-state index is 0.595. The first kappa shape index (κ1) is 46.3. The lowest BCUT2D eigenvalue weighted by atomic mass is 10.1. The molecule has 7 aromatic heterocycles. The van der Waals surface area contributed by atoms with E-state index in [0.29, 0.717) is 17.5 Å². The van der Waals surface area contributed by atoms with Gasteiger partial charge in [0.25, 0.3) is 0 Å². The summed E-state index contributed by atoms with van der Waals surface area (Å²) >= 11 is 5.55. The van der Waals surface area contributed by atoms with Crippen molar-refractivity contribution in [2.24, 2.45) is 0 Å². The summed E-state index contributed by atoms with van der Waals surface area (Å²) in [5, 5.41) is 15.1. The Bertz CT molecular complexity index is 5760. The van der Waals surface area contributed by atoms with Gasteiger partial charge in [0.15, 0.2) is 17.5 Å². The van der Waals surface area contributed by atoms with Gasteiger partial charge in [-0.1, -0.05) is 133 Å². The molecule has 9 heteroatoms. The van der Waals surface area contributed by atoms with Gasteiger partial charge >= 0.3 is 0 Å². The fourth-order valence-electron chi connectivity index (χ4n) is 13.5. The van der Waals surface area contributed by atoms with Crippen LogP contribution in [0.2, 0.25) is 0 Å². The molecule has 0 fully saturated rings. The molecule has 19 aromatic rings. The summed E-state index contributed by atoms with van der Waals surface area (Å²) in [6.07, 6.45) is 0. The monoisotopic (exact) mass is 1120 g/mol. The fraction of sp³-hybridized carbons (Fsp3) is 0. The van der Waals surface area contributed by atoms with Crippen molar-refractivity contribution in [1.29, 1.82) is 0 Å². The van der Waals surface area contributed by atoms with Crippen LogP contribution in [0.4, 0.5) is 0 Å². The average molecular weight is 1120 g/mol. The number of fused-ring (bicyclic) bond motifs is 18.